The Morgan fingerprint density at radius 2 is 1.82 bits per heavy atom. The number of rotatable bonds is 7. The van der Waals surface area contributed by atoms with E-state index in [0.717, 1.165) is 21.8 Å². The summed E-state index contributed by atoms with van der Waals surface area (Å²) < 4.78 is 40.4. The summed E-state index contributed by atoms with van der Waals surface area (Å²) in [7, 11) is -3.29. The number of benzene rings is 1. The van der Waals surface area contributed by atoms with E-state index in [1.165, 1.54) is 9.21 Å². The number of nitrogens with zero attached hydrogens (tertiary/aromatic N) is 3. The predicted octanol–water partition coefficient (Wildman–Crippen LogP) is 1.05. The highest BCUT2D eigenvalue weighted by atomic mass is 32.2. The lowest BCUT2D eigenvalue weighted by Crippen LogP contribution is -2.49. The molecule has 182 valence electrons. The van der Waals surface area contributed by atoms with Crippen molar-refractivity contribution in [3.05, 3.63) is 68.6 Å². The van der Waals surface area contributed by atoms with Crippen LogP contribution in [-0.4, -0.2) is 65.9 Å². The van der Waals surface area contributed by atoms with Crippen molar-refractivity contribution in [3.63, 3.8) is 0 Å². The molecule has 1 N–H and O–H groups in total. The molecular formula is C23H27FN4O5S. The van der Waals surface area contributed by atoms with Crippen molar-refractivity contribution >= 4 is 21.8 Å². The van der Waals surface area contributed by atoms with Crippen LogP contribution in [0.3, 0.4) is 0 Å². The lowest BCUT2D eigenvalue weighted by atomic mass is 10.1. The quantitative estimate of drug-likeness (QED) is 0.624. The Balaban J connectivity index is 1.52. The maximum atomic E-state index is 13.9. The fourth-order valence-corrected chi connectivity index (χ4v) is 5.82. The van der Waals surface area contributed by atoms with E-state index in [9.17, 15) is 27.2 Å². The van der Waals surface area contributed by atoms with Gasteiger partial charge in [0.25, 0.3) is 17.4 Å². The van der Waals surface area contributed by atoms with Crippen LogP contribution < -0.4 is 10.9 Å². The maximum Gasteiger partial charge on any atom is 0.271 e. The molecule has 0 spiro atoms. The van der Waals surface area contributed by atoms with E-state index in [0.29, 0.717) is 13.0 Å². The molecule has 0 atom stereocenters. The van der Waals surface area contributed by atoms with Gasteiger partial charge in [0.15, 0.2) is 0 Å². The van der Waals surface area contributed by atoms with Crippen molar-refractivity contribution in [1.29, 1.82) is 0 Å². The summed E-state index contributed by atoms with van der Waals surface area (Å²) in [6.07, 6.45) is 0.551. The third-order valence-corrected chi connectivity index (χ3v) is 8.19. The largest absolute Gasteiger partial charge is 0.348 e. The molecule has 1 saturated heterocycles. The summed E-state index contributed by atoms with van der Waals surface area (Å²) in [6.45, 7) is 2.12. The molecule has 0 radical (unpaired) electrons. The van der Waals surface area contributed by atoms with Crippen LogP contribution in [-0.2, 0) is 29.8 Å². The van der Waals surface area contributed by atoms with Crippen LogP contribution in [0.25, 0.3) is 0 Å². The van der Waals surface area contributed by atoms with Crippen molar-refractivity contribution in [2.75, 3.05) is 31.9 Å². The van der Waals surface area contributed by atoms with Crippen molar-refractivity contribution in [2.45, 2.75) is 33.1 Å². The summed E-state index contributed by atoms with van der Waals surface area (Å²) in [5.41, 5.74) is 0.947. The molecule has 0 bridgehead atoms. The Morgan fingerprint density at radius 1 is 1.09 bits per heavy atom. The maximum absolute atomic E-state index is 13.9. The third kappa shape index (κ3) is 4.76. The minimum absolute atomic E-state index is 0.0384. The minimum atomic E-state index is -3.29. The number of aryl methyl sites for hydroxylation is 1. The first-order valence-electron chi connectivity index (χ1n) is 11.1. The van der Waals surface area contributed by atoms with Gasteiger partial charge in [0.05, 0.1) is 5.75 Å². The van der Waals surface area contributed by atoms with Crippen molar-refractivity contribution in [1.82, 2.24) is 19.1 Å². The van der Waals surface area contributed by atoms with Crippen LogP contribution in [0.5, 0.6) is 0 Å². The molecule has 1 aromatic carbocycles. The van der Waals surface area contributed by atoms with Crippen LogP contribution in [0.15, 0.2) is 35.1 Å². The molecule has 0 saturated carbocycles. The molecule has 2 aliphatic rings. The number of carbonyl (C=O) groups is 2. The van der Waals surface area contributed by atoms with Gasteiger partial charge in [-0.2, -0.15) is 0 Å². The zero-order valence-corrected chi connectivity index (χ0v) is 19.7. The van der Waals surface area contributed by atoms with Gasteiger partial charge in [0, 0.05) is 44.8 Å². The fraction of sp³-hybridized carbons (Fsp3) is 0.435. The number of sulfonamides is 1. The first-order chi connectivity index (χ1) is 16.2. The van der Waals surface area contributed by atoms with E-state index in [2.05, 4.69) is 5.32 Å². The summed E-state index contributed by atoms with van der Waals surface area (Å²) in [6, 6.07) is 8.69. The van der Waals surface area contributed by atoms with E-state index in [1.54, 1.807) is 0 Å². The Hall–Kier alpha value is -3.05. The Bertz CT molecular complexity index is 1270. The Morgan fingerprint density at radius 3 is 2.47 bits per heavy atom. The lowest BCUT2D eigenvalue weighted by molar-refractivity contribution is 0.0688. The molecule has 0 unspecified atom stereocenters. The zero-order valence-electron chi connectivity index (χ0n) is 18.9. The van der Waals surface area contributed by atoms with Crippen molar-refractivity contribution < 1.29 is 22.4 Å². The number of halogens is 1. The lowest BCUT2D eigenvalue weighted by Gasteiger charge is -2.32. The van der Waals surface area contributed by atoms with Crippen LogP contribution >= 0.6 is 0 Å². The summed E-state index contributed by atoms with van der Waals surface area (Å²) in [5.74, 6) is -1.08. The monoisotopic (exact) mass is 490 g/mol. The van der Waals surface area contributed by atoms with E-state index >= 15 is 0 Å². The van der Waals surface area contributed by atoms with Gasteiger partial charge in [-0.15, -0.1) is 0 Å². The molecule has 34 heavy (non-hydrogen) atoms. The van der Waals surface area contributed by atoms with E-state index in [-0.39, 0.29) is 55.3 Å². The second kappa shape index (κ2) is 9.67. The number of aromatic nitrogens is 1. The number of pyridine rings is 1. The smallest absolute Gasteiger partial charge is 0.271 e. The van der Waals surface area contributed by atoms with E-state index in [4.69, 9.17) is 0 Å². The summed E-state index contributed by atoms with van der Waals surface area (Å²) in [4.78, 5) is 40.2. The van der Waals surface area contributed by atoms with Gasteiger partial charge in [-0.3, -0.25) is 14.4 Å². The second-order valence-corrected chi connectivity index (χ2v) is 10.6. The van der Waals surface area contributed by atoms with Crippen molar-refractivity contribution in [2.24, 2.45) is 0 Å². The molecular weight excluding hydrogens is 463 g/mol. The van der Waals surface area contributed by atoms with Crippen molar-refractivity contribution in [3.8, 4) is 0 Å². The van der Waals surface area contributed by atoms with Gasteiger partial charge in [-0.25, -0.2) is 17.1 Å². The average Bonchev–Trinajstić information content (AvgIpc) is 3.16. The van der Waals surface area contributed by atoms with Crippen LogP contribution in [0.2, 0.25) is 0 Å². The second-order valence-electron chi connectivity index (χ2n) is 8.55. The van der Waals surface area contributed by atoms with E-state index in [1.807, 2.05) is 31.2 Å². The fourth-order valence-electron chi connectivity index (χ4n) is 4.30. The highest BCUT2D eigenvalue weighted by Gasteiger charge is 2.33. The number of nitrogens with one attached hydrogen (secondary N) is 1. The molecule has 11 heteroatoms. The molecule has 4 rings (SSSR count). The first kappa shape index (κ1) is 24.1. The SMILES string of the molecule is Cc1ccc(CNC(=O)c2cc(CF)c3n(c2=O)CCN(CCN2CCCS2(=O)=O)C3=O)cc1. The third-order valence-electron chi connectivity index (χ3n) is 6.24. The van der Waals surface area contributed by atoms with Crippen LogP contribution in [0.1, 0.15) is 44.0 Å². The molecule has 2 amide bonds. The van der Waals surface area contributed by atoms with Gasteiger partial charge >= 0.3 is 0 Å². The number of amides is 2. The number of alkyl halides is 1. The molecule has 1 fully saturated rings. The number of fused-ring (bicyclic) bond motifs is 1. The summed E-state index contributed by atoms with van der Waals surface area (Å²) >= 11 is 0. The Kier molecular flexibility index (Phi) is 6.85. The average molecular weight is 491 g/mol. The van der Waals surface area contributed by atoms with Crippen LogP contribution in [0, 0.1) is 6.92 Å². The highest BCUT2D eigenvalue weighted by Crippen LogP contribution is 2.19. The standard InChI is InChI=1S/C23H27FN4O5S/c1-16-3-5-17(6-4-16)15-25-21(29)19-13-18(14-24)20-23(31)26(9-11-28(20)22(19)30)8-10-27-7-2-12-34(27,32)33/h3-6,13H,2,7-12,14-15H2,1H3,(H,25,29). The molecule has 1 aromatic heterocycles. The zero-order chi connectivity index (χ0) is 24.5. The molecule has 0 aliphatic carbocycles. The topological polar surface area (TPSA) is 109 Å². The van der Waals surface area contributed by atoms with Gasteiger partial charge < -0.3 is 14.8 Å². The molecule has 3 heterocycles. The first-order valence-corrected chi connectivity index (χ1v) is 12.8. The normalized spacial score (nSPS) is 17.6. The molecule has 2 aromatic rings. The number of hydrogen-bond acceptors (Lipinski definition) is 5. The van der Waals surface area contributed by atoms with Gasteiger partial charge in [0.1, 0.15) is 17.9 Å². The van der Waals surface area contributed by atoms with Gasteiger partial charge in [0.2, 0.25) is 10.0 Å². The molecule has 2 aliphatic heterocycles. The highest BCUT2D eigenvalue weighted by molar-refractivity contribution is 7.89. The minimum Gasteiger partial charge on any atom is -0.348 e. The molecule has 9 nitrogen and oxygen atoms in total. The van der Waals surface area contributed by atoms with Gasteiger partial charge in [-0.1, -0.05) is 29.8 Å². The van der Waals surface area contributed by atoms with E-state index < -0.39 is 34.1 Å². The summed E-state index contributed by atoms with van der Waals surface area (Å²) in [5, 5.41) is 2.68. The van der Waals surface area contributed by atoms with Crippen LogP contribution in [0.4, 0.5) is 4.39 Å². The predicted molar refractivity (Wildman–Crippen MR) is 124 cm³/mol. The Labute approximate surface area is 197 Å². The number of carbonyl (C=O) groups excluding carboxylic acids is 2. The number of hydrogen-bond donors (Lipinski definition) is 1. The van der Waals surface area contributed by atoms with Gasteiger partial charge in [-0.05, 0) is 25.0 Å².